The Hall–Kier alpha value is -4.69. The van der Waals surface area contributed by atoms with E-state index in [1.54, 1.807) is 6.92 Å². The zero-order valence-corrected chi connectivity index (χ0v) is 21.3. The number of ether oxygens (including phenoxy) is 1. The van der Waals surface area contributed by atoms with Crippen LogP contribution in [0.25, 0.3) is 22.8 Å². The number of aryl methyl sites for hydroxylation is 1. The highest BCUT2D eigenvalue weighted by atomic mass is 16.5. The fourth-order valence-electron chi connectivity index (χ4n) is 3.87. The predicted octanol–water partition coefficient (Wildman–Crippen LogP) is 3.84. The molecule has 0 unspecified atom stereocenters. The first-order chi connectivity index (χ1) is 18.4. The van der Waals surface area contributed by atoms with Crippen LogP contribution in [0.15, 0.2) is 47.4 Å². The maximum absolute atomic E-state index is 12.9. The maximum Gasteiger partial charge on any atom is 0.259 e. The fourth-order valence-corrected chi connectivity index (χ4v) is 3.87. The maximum atomic E-state index is 12.9. The number of hydrogen-bond acceptors (Lipinski definition) is 10. The van der Waals surface area contributed by atoms with Gasteiger partial charge in [0.05, 0.1) is 11.8 Å². The van der Waals surface area contributed by atoms with Crippen LogP contribution >= 0.6 is 0 Å². The van der Waals surface area contributed by atoms with Crippen molar-refractivity contribution in [3.8, 4) is 34.6 Å². The number of nitrogens with zero attached hydrogens (tertiary/aromatic N) is 7. The molecule has 192 valence electrons. The summed E-state index contributed by atoms with van der Waals surface area (Å²) in [5.74, 6) is 2.23. The Bertz CT molecular complexity index is 1500. The van der Waals surface area contributed by atoms with E-state index in [0.29, 0.717) is 47.9 Å². The van der Waals surface area contributed by atoms with Crippen molar-refractivity contribution in [3.05, 3.63) is 65.4 Å². The molecule has 0 atom stereocenters. The van der Waals surface area contributed by atoms with Crippen LogP contribution in [0.2, 0.25) is 0 Å². The van der Waals surface area contributed by atoms with Crippen molar-refractivity contribution < 1.29 is 14.1 Å². The monoisotopic (exact) mass is 510 g/mol. The van der Waals surface area contributed by atoms with Gasteiger partial charge in [-0.2, -0.15) is 10.2 Å². The molecule has 11 nitrogen and oxygen atoms in total. The van der Waals surface area contributed by atoms with Gasteiger partial charge in [-0.3, -0.25) is 4.79 Å². The summed E-state index contributed by atoms with van der Waals surface area (Å²) in [6, 6.07) is 9.54. The number of carbonyl (C=O) groups is 1. The van der Waals surface area contributed by atoms with Gasteiger partial charge in [-0.25, -0.2) is 15.0 Å². The van der Waals surface area contributed by atoms with Crippen LogP contribution < -0.4 is 10.1 Å². The summed E-state index contributed by atoms with van der Waals surface area (Å²) >= 11 is 0. The zero-order chi connectivity index (χ0) is 26.6. The van der Waals surface area contributed by atoms with Crippen molar-refractivity contribution in [3.63, 3.8) is 0 Å². The Morgan fingerprint density at radius 1 is 1.16 bits per heavy atom. The number of likely N-dealkylation sites (N-methyl/N-ethyl adjacent to an activating group) is 1. The van der Waals surface area contributed by atoms with Crippen molar-refractivity contribution in [2.45, 2.75) is 25.7 Å². The summed E-state index contributed by atoms with van der Waals surface area (Å²) in [5, 5.41) is 16.1. The summed E-state index contributed by atoms with van der Waals surface area (Å²) in [4.78, 5) is 32.3. The Morgan fingerprint density at radius 2 is 1.95 bits per heavy atom. The second kappa shape index (κ2) is 10.7. The minimum absolute atomic E-state index is 0.265. The Kier molecular flexibility index (Phi) is 7.06. The molecule has 1 amide bonds. The highest BCUT2D eigenvalue weighted by molar-refractivity contribution is 6.03. The standard InChI is InChI=1S/C27H26N8O3/c1-16-32-25(34-38-16)18-6-7-21(22(10-18)17-4-5-17)26-30-14-20(15-31-26)27(36)33-24-11-23(19(12-28)13-29-24)37-9-8-35(2)3/h6-7,10-11,13-15,17H,4-5,8-9H2,1-3H3,(H,29,33,36). The quantitative estimate of drug-likeness (QED) is 0.353. The third-order valence-corrected chi connectivity index (χ3v) is 6.03. The lowest BCUT2D eigenvalue weighted by Crippen LogP contribution is -2.20. The van der Waals surface area contributed by atoms with Gasteiger partial charge in [0, 0.05) is 43.1 Å². The van der Waals surface area contributed by atoms with Crippen LogP contribution in [-0.2, 0) is 0 Å². The molecule has 0 saturated heterocycles. The van der Waals surface area contributed by atoms with Gasteiger partial charge in [-0.1, -0.05) is 17.3 Å². The summed E-state index contributed by atoms with van der Waals surface area (Å²) < 4.78 is 10.8. The minimum atomic E-state index is -0.418. The fraction of sp³-hybridized carbons (Fsp3) is 0.296. The molecule has 5 rings (SSSR count). The van der Waals surface area contributed by atoms with Crippen LogP contribution in [-0.4, -0.2) is 63.1 Å². The second-order valence-corrected chi connectivity index (χ2v) is 9.29. The second-order valence-electron chi connectivity index (χ2n) is 9.29. The molecule has 1 aliphatic carbocycles. The Morgan fingerprint density at radius 3 is 2.61 bits per heavy atom. The SMILES string of the molecule is Cc1nc(-c2ccc(-c3ncc(C(=O)Nc4cc(OCCN(C)C)c(C#N)cn4)cn3)c(C3CC3)c2)no1. The van der Waals surface area contributed by atoms with Crippen molar-refractivity contribution in [1.29, 1.82) is 5.26 Å². The zero-order valence-electron chi connectivity index (χ0n) is 21.3. The van der Waals surface area contributed by atoms with E-state index in [4.69, 9.17) is 9.26 Å². The smallest absolute Gasteiger partial charge is 0.259 e. The number of nitriles is 1. The normalized spacial score (nSPS) is 12.8. The molecule has 0 bridgehead atoms. The molecule has 1 aromatic carbocycles. The van der Waals surface area contributed by atoms with E-state index >= 15 is 0 Å². The number of pyridine rings is 1. The molecule has 1 saturated carbocycles. The third-order valence-electron chi connectivity index (χ3n) is 6.03. The summed E-state index contributed by atoms with van der Waals surface area (Å²) in [6.45, 7) is 2.84. The molecular formula is C27H26N8O3. The van der Waals surface area contributed by atoms with Crippen molar-refractivity contribution in [2.75, 3.05) is 32.6 Å². The third kappa shape index (κ3) is 5.66. The number of hydrogen-bond donors (Lipinski definition) is 1. The molecule has 38 heavy (non-hydrogen) atoms. The van der Waals surface area contributed by atoms with Crippen molar-refractivity contribution in [2.24, 2.45) is 0 Å². The van der Waals surface area contributed by atoms with Crippen LogP contribution in [0.1, 0.15) is 46.1 Å². The van der Waals surface area contributed by atoms with Crippen LogP contribution in [0.3, 0.4) is 0 Å². The van der Waals surface area contributed by atoms with E-state index in [1.165, 1.54) is 24.7 Å². The number of benzene rings is 1. The van der Waals surface area contributed by atoms with Gasteiger partial charge in [0.25, 0.3) is 5.91 Å². The lowest BCUT2D eigenvalue weighted by atomic mass is 9.99. The topological polar surface area (TPSA) is 143 Å². The molecule has 0 radical (unpaired) electrons. The van der Waals surface area contributed by atoms with E-state index in [2.05, 4.69) is 42.5 Å². The number of carbonyl (C=O) groups excluding carboxylic acids is 1. The summed E-state index contributed by atoms with van der Waals surface area (Å²) in [6.07, 6.45) is 6.55. The van der Waals surface area contributed by atoms with Gasteiger partial charge in [-0.15, -0.1) is 0 Å². The summed E-state index contributed by atoms with van der Waals surface area (Å²) in [5.41, 5.74) is 3.49. The predicted molar refractivity (Wildman–Crippen MR) is 138 cm³/mol. The molecule has 4 aromatic rings. The number of aromatic nitrogens is 5. The highest BCUT2D eigenvalue weighted by Gasteiger charge is 2.28. The molecule has 0 spiro atoms. The molecule has 1 fully saturated rings. The Labute approximate surface area is 219 Å². The number of anilines is 1. The number of nitrogens with one attached hydrogen (secondary N) is 1. The van der Waals surface area contributed by atoms with E-state index in [-0.39, 0.29) is 11.4 Å². The lowest BCUT2D eigenvalue weighted by Gasteiger charge is -2.13. The Balaban J connectivity index is 1.32. The van der Waals surface area contributed by atoms with E-state index in [9.17, 15) is 10.1 Å². The molecule has 1 N–H and O–H groups in total. The molecule has 1 aliphatic rings. The first-order valence-electron chi connectivity index (χ1n) is 12.2. The van der Waals surface area contributed by atoms with Crippen LogP contribution in [0, 0.1) is 18.3 Å². The minimum Gasteiger partial charge on any atom is -0.491 e. The van der Waals surface area contributed by atoms with Gasteiger partial charge >= 0.3 is 0 Å². The van der Waals surface area contributed by atoms with Gasteiger partial charge in [0.1, 0.15) is 29.8 Å². The number of rotatable bonds is 9. The van der Waals surface area contributed by atoms with E-state index < -0.39 is 5.91 Å². The molecular weight excluding hydrogens is 484 g/mol. The first kappa shape index (κ1) is 25.0. The summed E-state index contributed by atoms with van der Waals surface area (Å²) in [7, 11) is 3.86. The molecule has 0 aliphatic heterocycles. The molecule has 11 heteroatoms. The van der Waals surface area contributed by atoms with Gasteiger partial charge < -0.3 is 19.5 Å². The molecule has 3 aromatic heterocycles. The van der Waals surface area contributed by atoms with E-state index in [1.807, 2.05) is 31.1 Å². The lowest BCUT2D eigenvalue weighted by molar-refractivity contribution is 0.102. The largest absolute Gasteiger partial charge is 0.491 e. The van der Waals surface area contributed by atoms with Gasteiger partial charge in [-0.05, 0) is 44.5 Å². The van der Waals surface area contributed by atoms with Crippen LogP contribution in [0.4, 0.5) is 5.82 Å². The van der Waals surface area contributed by atoms with Crippen LogP contribution in [0.5, 0.6) is 5.75 Å². The average Bonchev–Trinajstić information content (AvgIpc) is 3.68. The van der Waals surface area contributed by atoms with E-state index in [0.717, 1.165) is 29.5 Å². The van der Waals surface area contributed by atoms with Gasteiger partial charge in [0.15, 0.2) is 5.82 Å². The van der Waals surface area contributed by atoms with Gasteiger partial charge in [0.2, 0.25) is 11.7 Å². The average molecular weight is 511 g/mol. The number of amides is 1. The van der Waals surface area contributed by atoms with Crippen molar-refractivity contribution in [1.82, 2.24) is 30.0 Å². The first-order valence-corrected chi connectivity index (χ1v) is 12.2. The highest BCUT2D eigenvalue weighted by Crippen LogP contribution is 2.45. The van der Waals surface area contributed by atoms with Crippen molar-refractivity contribution >= 4 is 11.7 Å². The molecule has 3 heterocycles.